The zero-order valence-electron chi connectivity index (χ0n) is 13.6. The smallest absolute Gasteiger partial charge is 0.190 e. The van der Waals surface area contributed by atoms with Crippen LogP contribution in [0.5, 0.6) is 0 Å². The molecule has 126 valence electrons. The van der Waals surface area contributed by atoms with Crippen LogP contribution in [0.1, 0.15) is 24.0 Å². The number of unbranched alkanes of at least 4 members (excludes halogenated alkanes) is 1. The number of thioether (sulfide) groups is 1. The molecule has 0 fully saturated rings. The van der Waals surface area contributed by atoms with Crippen molar-refractivity contribution >= 4 is 41.7 Å². The van der Waals surface area contributed by atoms with Crippen LogP contribution in [0.2, 0.25) is 0 Å². The number of hydrogen-bond acceptors (Lipinski definition) is 2. The van der Waals surface area contributed by atoms with Gasteiger partial charge in [-0.1, -0.05) is 6.07 Å². The summed E-state index contributed by atoms with van der Waals surface area (Å²) in [5.74, 6) is 1.86. The van der Waals surface area contributed by atoms with Crippen LogP contribution >= 0.6 is 35.7 Å². The number of aryl methyl sites for hydroxylation is 1. The van der Waals surface area contributed by atoms with Gasteiger partial charge < -0.3 is 10.6 Å². The van der Waals surface area contributed by atoms with Crippen molar-refractivity contribution in [3.8, 4) is 0 Å². The summed E-state index contributed by atoms with van der Waals surface area (Å²) < 4.78 is 13.0. The largest absolute Gasteiger partial charge is 0.356 e. The van der Waals surface area contributed by atoms with E-state index >= 15 is 0 Å². The molecule has 0 saturated heterocycles. The number of nitrogens with one attached hydrogen (secondary N) is 2. The normalized spacial score (nSPS) is 11.0. The van der Waals surface area contributed by atoms with Crippen LogP contribution in [0.15, 0.2) is 23.2 Å². The van der Waals surface area contributed by atoms with E-state index < -0.39 is 0 Å². The lowest BCUT2D eigenvalue weighted by atomic mass is 10.1. The number of hydrogen-bond donors (Lipinski definition) is 2. The highest BCUT2D eigenvalue weighted by Crippen LogP contribution is 2.10. The monoisotopic (exact) mass is 439 g/mol. The number of benzene rings is 1. The average molecular weight is 439 g/mol. The fourth-order valence-corrected chi connectivity index (χ4v) is 2.55. The molecule has 0 atom stereocenters. The Hall–Kier alpha value is -0.500. The molecule has 0 aliphatic rings. The first-order chi connectivity index (χ1) is 10.2. The number of nitrogens with zero attached hydrogens (tertiary/aromatic N) is 1. The van der Waals surface area contributed by atoms with Crippen LogP contribution in [0.3, 0.4) is 0 Å². The molecule has 0 aliphatic carbocycles. The van der Waals surface area contributed by atoms with Crippen molar-refractivity contribution in [3.05, 3.63) is 35.1 Å². The number of halogens is 2. The van der Waals surface area contributed by atoms with E-state index in [1.807, 2.05) is 24.8 Å². The van der Waals surface area contributed by atoms with Gasteiger partial charge in [0.2, 0.25) is 0 Å². The van der Waals surface area contributed by atoms with Crippen LogP contribution in [0, 0.1) is 12.7 Å². The van der Waals surface area contributed by atoms with Crippen molar-refractivity contribution in [3.63, 3.8) is 0 Å². The summed E-state index contributed by atoms with van der Waals surface area (Å²) in [5.41, 5.74) is 2.16. The summed E-state index contributed by atoms with van der Waals surface area (Å²) in [6.45, 7) is 3.67. The molecule has 0 radical (unpaired) electrons. The molecule has 22 heavy (non-hydrogen) atoms. The highest BCUT2D eigenvalue weighted by atomic mass is 127. The molecule has 0 aliphatic heterocycles. The summed E-state index contributed by atoms with van der Waals surface area (Å²) in [5, 5.41) is 6.60. The SMILES string of the molecule is CN=C(NCCCCSC)NCCc1ccc(F)cc1C.I. The Morgan fingerprint density at radius 1 is 1.23 bits per heavy atom. The second-order valence-corrected chi connectivity index (χ2v) is 5.93. The van der Waals surface area contributed by atoms with Gasteiger partial charge in [0.1, 0.15) is 5.82 Å². The predicted octanol–water partition coefficient (Wildman–Crippen LogP) is 3.60. The van der Waals surface area contributed by atoms with Gasteiger partial charge in [0.05, 0.1) is 0 Å². The third-order valence-electron chi connectivity index (χ3n) is 3.28. The van der Waals surface area contributed by atoms with Gasteiger partial charge in [-0.2, -0.15) is 11.8 Å². The van der Waals surface area contributed by atoms with Crippen LogP contribution in [0.25, 0.3) is 0 Å². The van der Waals surface area contributed by atoms with E-state index in [1.54, 1.807) is 13.1 Å². The maximum atomic E-state index is 13.0. The van der Waals surface area contributed by atoms with Crippen molar-refractivity contribution < 1.29 is 4.39 Å². The molecular weight excluding hydrogens is 412 g/mol. The summed E-state index contributed by atoms with van der Waals surface area (Å²) >= 11 is 1.88. The Morgan fingerprint density at radius 3 is 2.59 bits per heavy atom. The van der Waals surface area contributed by atoms with Crippen molar-refractivity contribution in [2.45, 2.75) is 26.2 Å². The molecular formula is C16H27FIN3S. The molecule has 2 N–H and O–H groups in total. The highest BCUT2D eigenvalue weighted by molar-refractivity contribution is 14.0. The quantitative estimate of drug-likeness (QED) is 0.281. The van der Waals surface area contributed by atoms with Gasteiger partial charge in [-0.3, -0.25) is 4.99 Å². The van der Waals surface area contributed by atoms with E-state index in [2.05, 4.69) is 21.9 Å². The maximum Gasteiger partial charge on any atom is 0.190 e. The predicted molar refractivity (Wildman–Crippen MR) is 107 cm³/mol. The molecule has 0 heterocycles. The van der Waals surface area contributed by atoms with E-state index in [0.29, 0.717) is 0 Å². The first kappa shape index (κ1) is 21.5. The van der Waals surface area contributed by atoms with Crippen molar-refractivity contribution in [2.24, 2.45) is 4.99 Å². The summed E-state index contributed by atoms with van der Waals surface area (Å²) in [6, 6.07) is 4.94. The fraction of sp³-hybridized carbons (Fsp3) is 0.562. The zero-order valence-corrected chi connectivity index (χ0v) is 16.8. The van der Waals surface area contributed by atoms with Crippen molar-refractivity contribution in [2.75, 3.05) is 32.1 Å². The second-order valence-electron chi connectivity index (χ2n) is 4.95. The third-order valence-corrected chi connectivity index (χ3v) is 3.98. The lowest BCUT2D eigenvalue weighted by Gasteiger charge is -2.12. The minimum absolute atomic E-state index is 0. The molecule has 0 saturated carbocycles. The van der Waals surface area contributed by atoms with Gasteiger partial charge in [0.25, 0.3) is 0 Å². The van der Waals surface area contributed by atoms with Gasteiger partial charge in [-0.15, -0.1) is 24.0 Å². The molecule has 0 bridgehead atoms. The Morgan fingerprint density at radius 2 is 1.95 bits per heavy atom. The third kappa shape index (κ3) is 8.82. The first-order valence-electron chi connectivity index (χ1n) is 7.36. The van der Waals surface area contributed by atoms with E-state index in [1.165, 1.54) is 23.8 Å². The van der Waals surface area contributed by atoms with Gasteiger partial charge in [0, 0.05) is 20.1 Å². The Bertz CT molecular complexity index is 455. The number of aliphatic imine (C=N–C) groups is 1. The summed E-state index contributed by atoms with van der Waals surface area (Å²) in [7, 11) is 1.78. The van der Waals surface area contributed by atoms with Gasteiger partial charge in [-0.25, -0.2) is 4.39 Å². The van der Waals surface area contributed by atoms with Gasteiger partial charge in [-0.05, 0) is 61.5 Å². The summed E-state index contributed by atoms with van der Waals surface area (Å²) in [6.07, 6.45) is 5.36. The van der Waals surface area contributed by atoms with Gasteiger partial charge >= 0.3 is 0 Å². The Kier molecular flexibility index (Phi) is 12.7. The number of rotatable bonds is 8. The van der Waals surface area contributed by atoms with Crippen molar-refractivity contribution in [1.29, 1.82) is 0 Å². The van der Waals surface area contributed by atoms with Crippen LogP contribution < -0.4 is 10.6 Å². The van der Waals surface area contributed by atoms with Crippen molar-refractivity contribution in [1.82, 2.24) is 10.6 Å². The summed E-state index contributed by atoms with van der Waals surface area (Å²) in [4.78, 5) is 4.20. The molecule has 0 spiro atoms. The van der Waals surface area contributed by atoms with Gasteiger partial charge in [0.15, 0.2) is 5.96 Å². The standard InChI is InChI=1S/C16H26FN3S.HI/c1-13-12-15(17)7-6-14(13)8-10-20-16(18-2)19-9-4-5-11-21-3;/h6-7,12H,4-5,8-11H2,1-3H3,(H2,18,19,20);1H. The molecule has 1 aromatic rings. The van der Waals surface area contributed by atoms with E-state index in [-0.39, 0.29) is 29.8 Å². The topological polar surface area (TPSA) is 36.4 Å². The van der Waals surface area contributed by atoms with E-state index in [4.69, 9.17) is 0 Å². The zero-order chi connectivity index (χ0) is 15.5. The molecule has 1 rings (SSSR count). The van der Waals surface area contributed by atoms with Crippen LogP contribution in [-0.2, 0) is 6.42 Å². The molecule has 1 aromatic carbocycles. The Balaban J connectivity index is 0.00000441. The highest BCUT2D eigenvalue weighted by Gasteiger charge is 2.01. The lowest BCUT2D eigenvalue weighted by Crippen LogP contribution is -2.38. The first-order valence-corrected chi connectivity index (χ1v) is 8.75. The number of guanidine groups is 1. The maximum absolute atomic E-state index is 13.0. The second kappa shape index (κ2) is 13.0. The van der Waals surface area contributed by atoms with Crippen LogP contribution in [0.4, 0.5) is 4.39 Å². The lowest BCUT2D eigenvalue weighted by molar-refractivity contribution is 0.625. The van der Waals surface area contributed by atoms with E-state index in [0.717, 1.165) is 37.5 Å². The van der Waals surface area contributed by atoms with Crippen LogP contribution in [-0.4, -0.2) is 38.1 Å². The fourth-order valence-electron chi connectivity index (χ4n) is 2.05. The molecule has 0 amide bonds. The molecule has 0 unspecified atom stereocenters. The minimum Gasteiger partial charge on any atom is -0.356 e. The minimum atomic E-state index is -0.174. The van der Waals surface area contributed by atoms with E-state index in [9.17, 15) is 4.39 Å². The Labute approximate surface area is 155 Å². The molecule has 6 heteroatoms. The molecule has 3 nitrogen and oxygen atoms in total. The molecule has 0 aromatic heterocycles. The average Bonchev–Trinajstić information content (AvgIpc) is 2.47.